The molecular weight excluding hydrogens is 429 g/mol. The summed E-state index contributed by atoms with van der Waals surface area (Å²) >= 11 is 0. The van der Waals surface area contributed by atoms with Crippen LogP contribution in [0.1, 0.15) is 43.7 Å². The van der Waals surface area contributed by atoms with Crippen molar-refractivity contribution in [2.75, 3.05) is 23.7 Å². The van der Waals surface area contributed by atoms with Gasteiger partial charge in [-0.25, -0.2) is 12.8 Å². The molecule has 0 aromatic heterocycles. The van der Waals surface area contributed by atoms with Gasteiger partial charge in [0.15, 0.2) is 0 Å². The molecule has 0 spiro atoms. The van der Waals surface area contributed by atoms with Gasteiger partial charge < -0.3 is 5.32 Å². The molecule has 6 nitrogen and oxygen atoms in total. The first kappa shape index (κ1) is 24.2. The molecule has 0 bridgehead atoms. The maximum Gasteiger partial charge on any atom is 0.244 e. The van der Waals surface area contributed by atoms with Crippen molar-refractivity contribution in [3.05, 3.63) is 65.5 Å². The maximum atomic E-state index is 13.3. The van der Waals surface area contributed by atoms with Gasteiger partial charge in [0.2, 0.25) is 15.9 Å². The third kappa shape index (κ3) is 6.53. The summed E-state index contributed by atoms with van der Waals surface area (Å²) in [6, 6.07) is 12.3. The van der Waals surface area contributed by atoms with Gasteiger partial charge in [-0.2, -0.15) is 0 Å². The number of piperidine rings is 1. The van der Waals surface area contributed by atoms with Crippen molar-refractivity contribution in [3.63, 3.8) is 0 Å². The van der Waals surface area contributed by atoms with Gasteiger partial charge in [-0.15, -0.1) is 0 Å². The number of anilines is 1. The van der Waals surface area contributed by atoms with Crippen molar-refractivity contribution >= 4 is 21.6 Å². The van der Waals surface area contributed by atoms with Gasteiger partial charge in [0.05, 0.1) is 11.9 Å². The highest BCUT2D eigenvalue weighted by molar-refractivity contribution is 7.92. The van der Waals surface area contributed by atoms with Crippen LogP contribution in [0.15, 0.2) is 48.5 Å². The smallest absolute Gasteiger partial charge is 0.244 e. The Balaban J connectivity index is 1.69. The Bertz CT molecular complexity index is 1010. The molecule has 1 aliphatic heterocycles. The lowest BCUT2D eigenvalue weighted by Gasteiger charge is -2.30. The van der Waals surface area contributed by atoms with Crippen molar-refractivity contribution < 1.29 is 17.6 Å². The number of rotatable bonds is 9. The fourth-order valence-electron chi connectivity index (χ4n) is 4.17. The van der Waals surface area contributed by atoms with Crippen LogP contribution in [-0.4, -0.2) is 44.6 Å². The highest BCUT2D eigenvalue weighted by Crippen LogP contribution is 2.23. The number of carbonyl (C=O) groups excluding carboxylic acids is 1. The van der Waals surface area contributed by atoms with Gasteiger partial charge in [0.25, 0.3) is 0 Å². The molecular formula is C24H32FN3O3S. The summed E-state index contributed by atoms with van der Waals surface area (Å²) in [6.07, 6.45) is 5.10. The molecule has 1 heterocycles. The van der Waals surface area contributed by atoms with E-state index < -0.39 is 21.9 Å². The van der Waals surface area contributed by atoms with Crippen LogP contribution in [0, 0.1) is 5.82 Å². The molecule has 0 radical (unpaired) electrons. The molecule has 3 rings (SSSR count). The zero-order valence-electron chi connectivity index (χ0n) is 18.8. The lowest BCUT2D eigenvalue weighted by atomic mass is 10.1. The Kier molecular flexibility index (Phi) is 8.26. The number of hydrogen-bond donors (Lipinski definition) is 1. The molecule has 1 N–H and O–H groups in total. The molecule has 2 aromatic carbocycles. The van der Waals surface area contributed by atoms with E-state index in [-0.39, 0.29) is 18.0 Å². The number of amides is 1. The molecule has 8 heteroatoms. The summed E-state index contributed by atoms with van der Waals surface area (Å²) in [6.45, 7) is 5.19. The zero-order valence-corrected chi connectivity index (χ0v) is 19.6. The zero-order chi connectivity index (χ0) is 23.1. The van der Waals surface area contributed by atoms with E-state index in [2.05, 4.69) is 22.3 Å². The monoisotopic (exact) mass is 461 g/mol. The predicted octanol–water partition coefficient (Wildman–Crippen LogP) is 3.67. The fraction of sp³-hybridized carbons (Fsp3) is 0.458. The first-order valence-electron chi connectivity index (χ1n) is 11.1. The molecule has 2 aromatic rings. The van der Waals surface area contributed by atoms with E-state index in [1.165, 1.54) is 49.1 Å². The minimum Gasteiger partial charge on any atom is -0.350 e. The third-order valence-electron chi connectivity index (χ3n) is 5.72. The van der Waals surface area contributed by atoms with Crippen LogP contribution >= 0.6 is 0 Å². The molecule has 32 heavy (non-hydrogen) atoms. The molecule has 1 amide bonds. The largest absolute Gasteiger partial charge is 0.350 e. The molecule has 0 unspecified atom stereocenters. The molecule has 1 atom stereocenters. The van der Waals surface area contributed by atoms with E-state index in [9.17, 15) is 17.6 Å². The fourth-order valence-corrected chi connectivity index (χ4v) is 5.38. The lowest BCUT2D eigenvalue weighted by molar-refractivity contribution is -0.122. The Labute approximate surface area is 190 Å². The minimum absolute atomic E-state index is 0.263. The number of likely N-dealkylation sites (tertiary alicyclic amines) is 1. The van der Waals surface area contributed by atoms with Crippen LogP contribution in [0.25, 0.3) is 0 Å². The van der Waals surface area contributed by atoms with Gasteiger partial charge in [-0.1, -0.05) is 37.6 Å². The van der Waals surface area contributed by atoms with Crippen molar-refractivity contribution in [2.24, 2.45) is 0 Å². The van der Waals surface area contributed by atoms with Crippen LogP contribution < -0.4 is 9.62 Å². The topological polar surface area (TPSA) is 69.7 Å². The highest BCUT2D eigenvalue weighted by Gasteiger charge is 2.31. The molecule has 0 aliphatic carbocycles. The van der Waals surface area contributed by atoms with Gasteiger partial charge >= 0.3 is 0 Å². The Morgan fingerprint density at radius 1 is 1.09 bits per heavy atom. The van der Waals surface area contributed by atoms with Gasteiger partial charge in [-0.3, -0.25) is 14.0 Å². The maximum absolute atomic E-state index is 13.3. The van der Waals surface area contributed by atoms with Gasteiger partial charge in [0, 0.05) is 13.1 Å². The number of carbonyl (C=O) groups is 1. The first-order valence-corrected chi connectivity index (χ1v) is 13.0. The van der Waals surface area contributed by atoms with Crippen molar-refractivity contribution in [1.82, 2.24) is 10.2 Å². The van der Waals surface area contributed by atoms with Crippen molar-refractivity contribution in [3.8, 4) is 0 Å². The summed E-state index contributed by atoms with van der Waals surface area (Å²) in [5.41, 5.74) is 2.43. The first-order chi connectivity index (χ1) is 15.3. The number of hydrogen-bond acceptors (Lipinski definition) is 4. The number of sulfonamides is 1. The standard InChI is InChI=1S/C24H32FN3O3S/c1-3-23(28(32(2,30)31)22-12-10-21(25)11-13-22)24(29)26-17-19-8-7-9-20(16-19)18-27-14-5-4-6-15-27/h7-13,16,23H,3-6,14-15,17-18H2,1-2H3,(H,26,29)/t23-/m1/s1. The summed E-state index contributed by atoms with van der Waals surface area (Å²) in [5, 5.41) is 2.88. The Morgan fingerprint density at radius 3 is 2.38 bits per heavy atom. The second-order valence-corrected chi connectivity index (χ2v) is 10.2. The normalized spacial score (nSPS) is 15.8. The SMILES string of the molecule is CC[C@H](C(=O)NCc1cccc(CN2CCCCC2)c1)N(c1ccc(F)cc1)S(C)(=O)=O. The number of benzene rings is 2. The molecule has 174 valence electrons. The second-order valence-electron chi connectivity index (χ2n) is 8.33. The highest BCUT2D eigenvalue weighted by atomic mass is 32.2. The van der Waals surface area contributed by atoms with E-state index in [4.69, 9.17) is 0 Å². The van der Waals surface area contributed by atoms with Crippen LogP contribution in [-0.2, 0) is 27.9 Å². The second kappa shape index (κ2) is 10.9. The Hall–Kier alpha value is -2.45. The third-order valence-corrected chi connectivity index (χ3v) is 6.90. The number of nitrogens with one attached hydrogen (secondary N) is 1. The van der Waals surface area contributed by atoms with E-state index >= 15 is 0 Å². The van der Waals surface area contributed by atoms with E-state index in [0.717, 1.165) is 35.8 Å². The summed E-state index contributed by atoms with van der Waals surface area (Å²) < 4.78 is 39.3. The minimum atomic E-state index is -3.75. The number of nitrogens with zero attached hydrogens (tertiary/aromatic N) is 2. The summed E-state index contributed by atoms with van der Waals surface area (Å²) in [4.78, 5) is 15.4. The van der Waals surface area contributed by atoms with Crippen LogP contribution in [0.2, 0.25) is 0 Å². The molecule has 0 saturated carbocycles. The number of halogens is 1. The van der Waals surface area contributed by atoms with E-state index in [1.54, 1.807) is 6.92 Å². The average molecular weight is 462 g/mol. The van der Waals surface area contributed by atoms with Crippen LogP contribution in [0.4, 0.5) is 10.1 Å². The van der Waals surface area contributed by atoms with E-state index in [1.807, 2.05) is 12.1 Å². The summed E-state index contributed by atoms with van der Waals surface area (Å²) in [5.74, 6) is -0.854. The summed E-state index contributed by atoms with van der Waals surface area (Å²) in [7, 11) is -3.75. The molecule has 1 fully saturated rings. The predicted molar refractivity (Wildman–Crippen MR) is 125 cm³/mol. The molecule has 1 aliphatic rings. The lowest BCUT2D eigenvalue weighted by Crippen LogP contribution is -2.49. The van der Waals surface area contributed by atoms with Crippen molar-refractivity contribution in [2.45, 2.75) is 51.7 Å². The Morgan fingerprint density at radius 2 is 1.75 bits per heavy atom. The van der Waals surface area contributed by atoms with Crippen LogP contribution in [0.5, 0.6) is 0 Å². The van der Waals surface area contributed by atoms with Crippen molar-refractivity contribution in [1.29, 1.82) is 0 Å². The van der Waals surface area contributed by atoms with E-state index in [0.29, 0.717) is 6.54 Å². The van der Waals surface area contributed by atoms with Crippen LogP contribution in [0.3, 0.4) is 0 Å². The van der Waals surface area contributed by atoms with Gasteiger partial charge in [-0.05, 0) is 67.7 Å². The average Bonchev–Trinajstić information content (AvgIpc) is 2.77. The quantitative estimate of drug-likeness (QED) is 0.619. The van der Waals surface area contributed by atoms with Gasteiger partial charge in [0.1, 0.15) is 11.9 Å². The molecule has 1 saturated heterocycles.